The van der Waals surface area contributed by atoms with E-state index in [1.54, 1.807) is 25.1 Å². The minimum atomic E-state index is -0.0236. The number of aromatic nitrogens is 2. The van der Waals surface area contributed by atoms with Crippen molar-refractivity contribution in [3.63, 3.8) is 0 Å². The molecule has 2 aliphatic rings. The van der Waals surface area contributed by atoms with Gasteiger partial charge in [0.15, 0.2) is 0 Å². The van der Waals surface area contributed by atoms with Crippen molar-refractivity contribution in [1.82, 2.24) is 14.9 Å². The number of benzene rings is 1. The Morgan fingerprint density at radius 3 is 2.83 bits per heavy atom. The summed E-state index contributed by atoms with van der Waals surface area (Å²) in [6.45, 7) is 2.31. The highest BCUT2D eigenvalue weighted by molar-refractivity contribution is 5.95. The number of morpholine rings is 1. The van der Waals surface area contributed by atoms with Crippen molar-refractivity contribution in [1.29, 1.82) is 5.26 Å². The average Bonchev–Trinajstić information content (AvgIpc) is 3.22. The fourth-order valence-corrected chi connectivity index (χ4v) is 3.79. The number of allylic oxidation sites excluding steroid dienone is 2. The topological polar surface area (TPSA) is 100 Å². The third-order valence-electron chi connectivity index (χ3n) is 5.34. The number of carbonyl (C=O) groups excluding carboxylic acids is 1. The predicted octanol–water partition coefficient (Wildman–Crippen LogP) is 2.05. The van der Waals surface area contributed by atoms with E-state index < -0.39 is 0 Å². The molecule has 1 aromatic carbocycles. The number of carbonyl (C=O) groups is 1. The van der Waals surface area contributed by atoms with Crippen LogP contribution in [-0.4, -0.2) is 61.2 Å². The van der Waals surface area contributed by atoms with Crippen LogP contribution in [-0.2, 0) is 17.6 Å². The van der Waals surface area contributed by atoms with E-state index in [2.05, 4.69) is 21.4 Å². The first-order valence-corrected chi connectivity index (χ1v) is 9.86. The van der Waals surface area contributed by atoms with Gasteiger partial charge >= 0.3 is 0 Å². The Labute approximate surface area is 175 Å². The number of methoxy groups -OCH3 is 1. The molecule has 8 heteroatoms. The molecule has 1 fully saturated rings. The number of nitriles is 1. The summed E-state index contributed by atoms with van der Waals surface area (Å²) in [5.74, 6) is 1.89. The number of nitrogens with zero attached hydrogens (tertiary/aromatic N) is 4. The Morgan fingerprint density at radius 2 is 2.13 bits per heavy atom. The van der Waals surface area contributed by atoms with Gasteiger partial charge in [0.25, 0.3) is 5.91 Å². The van der Waals surface area contributed by atoms with Crippen LogP contribution in [0, 0.1) is 11.3 Å². The van der Waals surface area contributed by atoms with Gasteiger partial charge in [-0.15, -0.1) is 0 Å². The summed E-state index contributed by atoms with van der Waals surface area (Å²) in [5, 5.41) is 12.4. The van der Waals surface area contributed by atoms with E-state index in [0.717, 1.165) is 16.8 Å². The second kappa shape index (κ2) is 8.51. The summed E-state index contributed by atoms with van der Waals surface area (Å²) in [5.41, 5.74) is 3.71. The minimum Gasteiger partial charge on any atom is -0.496 e. The first-order chi connectivity index (χ1) is 14.6. The van der Waals surface area contributed by atoms with Gasteiger partial charge in [-0.05, 0) is 12.1 Å². The Kier molecular flexibility index (Phi) is 5.63. The third kappa shape index (κ3) is 3.72. The molecule has 1 saturated heterocycles. The Balaban J connectivity index is 1.60. The van der Waals surface area contributed by atoms with Gasteiger partial charge in [-0.1, -0.05) is 12.1 Å². The number of hydrogen-bond acceptors (Lipinski definition) is 7. The summed E-state index contributed by atoms with van der Waals surface area (Å²) in [6.07, 6.45) is 2.95. The van der Waals surface area contributed by atoms with Crippen LogP contribution in [0.4, 0.5) is 5.82 Å². The van der Waals surface area contributed by atoms with Crippen LogP contribution in [0.2, 0.25) is 0 Å². The molecule has 1 aromatic heterocycles. The zero-order valence-electron chi connectivity index (χ0n) is 17.1. The Hall–Kier alpha value is -3.44. The van der Waals surface area contributed by atoms with Crippen LogP contribution in [0.5, 0.6) is 5.75 Å². The molecule has 0 radical (unpaired) electrons. The molecule has 1 amide bonds. The van der Waals surface area contributed by atoms with Gasteiger partial charge in [-0.25, -0.2) is 9.97 Å². The van der Waals surface area contributed by atoms with Gasteiger partial charge < -0.3 is 19.7 Å². The lowest BCUT2D eigenvalue weighted by Crippen LogP contribution is -2.40. The maximum atomic E-state index is 12.8. The highest BCUT2D eigenvalue weighted by Crippen LogP contribution is 2.32. The van der Waals surface area contributed by atoms with E-state index in [1.165, 1.54) is 0 Å². The normalized spacial score (nSPS) is 15.2. The molecule has 4 rings (SSSR count). The van der Waals surface area contributed by atoms with Gasteiger partial charge in [0, 0.05) is 44.1 Å². The largest absolute Gasteiger partial charge is 0.496 e. The second-order valence-electron chi connectivity index (χ2n) is 7.10. The van der Waals surface area contributed by atoms with Crippen molar-refractivity contribution in [2.45, 2.75) is 12.8 Å². The van der Waals surface area contributed by atoms with Gasteiger partial charge in [-0.2, -0.15) is 5.26 Å². The average molecular weight is 405 g/mol. The first kappa shape index (κ1) is 19.9. The fourth-order valence-electron chi connectivity index (χ4n) is 3.79. The third-order valence-corrected chi connectivity index (χ3v) is 5.34. The second-order valence-corrected chi connectivity index (χ2v) is 7.10. The van der Waals surface area contributed by atoms with Crippen LogP contribution in [0.15, 0.2) is 24.3 Å². The predicted molar refractivity (Wildman–Crippen MR) is 111 cm³/mol. The van der Waals surface area contributed by atoms with E-state index in [1.807, 2.05) is 18.2 Å². The molecule has 0 bridgehead atoms. The molecule has 154 valence electrons. The Morgan fingerprint density at radius 1 is 1.33 bits per heavy atom. The number of ether oxygens (including phenoxy) is 2. The van der Waals surface area contributed by atoms with Crippen LogP contribution >= 0.6 is 0 Å². The van der Waals surface area contributed by atoms with Crippen LogP contribution in [0.1, 0.15) is 33.0 Å². The quantitative estimate of drug-likeness (QED) is 0.812. The summed E-state index contributed by atoms with van der Waals surface area (Å²) in [4.78, 5) is 23.8. The van der Waals surface area contributed by atoms with Gasteiger partial charge in [0.05, 0.1) is 43.2 Å². The number of amides is 1. The number of nitrogens with one attached hydrogen (secondary N) is 1. The zero-order chi connectivity index (χ0) is 21.1. The number of hydrogen-bond donors (Lipinski definition) is 1. The summed E-state index contributed by atoms with van der Waals surface area (Å²) >= 11 is 0. The molecular weight excluding hydrogens is 382 g/mol. The van der Waals surface area contributed by atoms with E-state index in [4.69, 9.17) is 9.47 Å². The molecule has 0 unspecified atom stereocenters. The molecule has 2 heterocycles. The first-order valence-electron chi connectivity index (χ1n) is 9.86. The molecule has 2 aromatic rings. The lowest BCUT2D eigenvalue weighted by molar-refractivity contribution is 0.0302. The lowest BCUT2D eigenvalue weighted by atomic mass is 10.1. The Bertz CT molecular complexity index is 1050. The van der Waals surface area contributed by atoms with Gasteiger partial charge in [0.1, 0.15) is 17.4 Å². The molecule has 0 spiro atoms. The standard InChI is InChI=1S/C22H23N5O3/c1-24-21-20-16(13-23)5-6-17(20)25-19(26-21)12-14-3-4-15(11-18(14)29-2)22(28)27-7-9-30-10-8-27/h3-5,11H,6-10,12H2,1-2H3,(H,24,25,26). The zero-order valence-corrected chi connectivity index (χ0v) is 17.1. The van der Waals surface area contributed by atoms with Crippen molar-refractivity contribution in [3.8, 4) is 11.8 Å². The van der Waals surface area contributed by atoms with Crippen molar-refractivity contribution >= 4 is 17.3 Å². The molecular formula is C22H23N5O3. The molecule has 0 atom stereocenters. The van der Waals surface area contributed by atoms with Crippen molar-refractivity contribution in [2.75, 3.05) is 45.8 Å². The van der Waals surface area contributed by atoms with E-state index in [9.17, 15) is 10.1 Å². The monoisotopic (exact) mass is 405 g/mol. The molecule has 0 saturated carbocycles. The van der Waals surface area contributed by atoms with Gasteiger partial charge in [0.2, 0.25) is 0 Å². The summed E-state index contributed by atoms with van der Waals surface area (Å²) < 4.78 is 10.9. The molecule has 8 nitrogen and oxygen atoms in total. The lowest BCUT2D eigenvalue weighted by Gasteiger charge is -2.27. The maximum Gasteiger partial charge on any atom is 0.254 e. The van der Waals surface area contributed by atoms with E-state index in [-0.39, 0.29) is 5.91 Å². The SMILES string of the molecule is CNc1nc(Cc2ccc(C(=O)N3CCOCC3)cc2OC)nc2c1C(C#N)=CC2. The highest BCUT2D eigenvalue weighted by Gasteiger charge is 2.23. The van der Waals surface area contributed by atoms with Crippen molar-refractivity contribution in [3.05, 3.63) is 52.5 Å². The van der Waals surface area contributed by atoms with Gasteiger partial charge in [-0.3, -0.25) is 4.79 Å². The maximum absolute atomic E-state index is 12.8. The van der Waals surface area contributed by atoms with Crippen molar-refractivity contribution in [2.24, 2.45) is 0 Å². The number of anilines is 1. The van der Waals surface area contributed by atoms with Crippen LogP contribution in [0.25, 0.3) is 5.57 Å². The smallest absolute Gasteiger partial charge is 0.254 e. The number of rotatable bonds is 5. The minimum absolute atomic E-state index is 0.0236. The van der Waals surface area contributed by atoms with E-state index in [0.29, 0.717) is 67.7 Å². The molecule has 1 aliphatic carbocycles. The fraction of sp³-hybridized carbons (Fsp3) is 0.364. The summed E-state index contributed by atoms with van der Waals surface area (Å²) in [6, 6.07) is 7.68. The van der Waals surface area contributed by atoms with E-state index >= 15 is 0 Å². The van der Waals surface area contributed by atoms with Crippen LogP contribution in [0.3, 0.4) is 0 Å². The highest BCUT2D eigenvalue weighted by atomic mass is 16.5. The molecule has 1 aliphatic heterocycles. The van der Waals surface area contributed by atoms with Crippen LogP contribution < -0.4 is 10.1 Å². The molecule has 30 heavy (non-hydrogen) atoms. The molecule has 1 N–H and O–H groups in total. The summed E-state index contributed by atoms with van der Waals surface area (Å²) in [7, 11) is 3.37. The van der Waals surface area contributed by atoms with Crippen molar-refractivity contribution < 1.29 is 14.3 Å². The number of fused-ring (bicyclic) bond motifs is 1.